The molecule has 0 aliphatic heterocycles. The van der Waals surface area contributed by atoms with Gasteiger partial charge >= 0.3 is 0 Å². The van der Waals surface area contributed by atoms with Crippen molar-refractivity contribution in [3.05, 3.63) is 52.8 Å². The number of nitrogens with one attached hydrogen (secondary N) is 1. The van der Waals surface area contributed by atoms with E-state index in [-0.39, 0.29) is 5.75 Å². The smallest absolute Gasteiger partial charge is 0.216 e. The lowest BCUT2D eigenvalue weighted by Crippen LogP contribution is -1.96. The Morgan fingerprint density at radius 2 is 2.04 bits per heavy atom. The predicted octanol–water partition coefficient (Wildman–Crippen LogP) is 3.60. The second kappa shape index (κ2) is 7.83. The average molecular weight is 370 g/mol. The van der Waals surface area contributed by atoms with E-state index in [0.29, 0.717) is 23.0 Å². The van der Waals surface area contributed by atoms with Crippen LogP contribution in [0.1, 0.15) is 12.5 Å². The zero-order valence-corrected chi connectivity index (χ0v) is 15.2. The molecule has 0 aliphatic rings. The molecule has 2 N–H and O–H groups in total. The van der Waals surface area contributed by atoms with Crippen LogP contribution in [0.15, 0.2) is 47.6 Å². The van der Waals surface area contributed by atoms with Crippen molar-refractivity contribution in [2.75, 3.05) is 13.7 Å². The summed E-state index contributed by atoms with van der Waals surface area (Å²) in [4.78, 5) is 0. The average Bonchev–Trinajstić information content (AvgIpc) is 3.03. The van der Waals surface area contributed by atoms with Crippen LogP contribution < -0.4 is 9.47 Å². The number of ether oxygens (including phenoxy) is 2. The summed E-state index contributed by atoms with van der Waals surface area (Å²) in [7, 11) is 1.61. The zero-order valence-electron chi connectivity index (χ0n) is 14.3. The molecule has 0 amide bonds. The number of rotatable bonds is 6. The summed E-state index contributed by atoms with van der Waals surface area (Å²) in [5.74, 6) is 1.83. The fourth-order valence-electron chi connectivity index (χ4n) is 2.33. The van der Waals surface area contributed by atoms with Crippen LogP contribution in [-0.2, 0) is 0 Å². The molecule has 26 heavy (non-hydrogen) atoms. The Hall–Kier alpha value is -3.13. The number of phenolic OH excluding ortho intramolecular Hbond substituents is 1. The SMILES string of the molecule is CCOc1cc(/C=N\n2c(-c3ccc(OC)cc3)n[nH]c2=S)ccc1O. The number of aromatic hydroxyl groups is 1. The molecule has 0 fully saturated rings. The summed E-state index contributed by atoms with van der Waals surface area (Å²) in [6.45, 7) is 2.31. The summed E-state index contributed by atoms with van der Waals surface area (Å²) < 4.78 is 12.5. The van der Waals surface area contributed by atoms with Gasteiger partial charge in [0, 0.05) is 5.56 Å². The van der Waals surface area contributed by atoms with Crippen LogP contribution in [0.4, 0.5) is 0 Å². The maximum absolute atomic E-state index is 9.78. The summed E-state index contributed by atoms with van der Waals surface area (Å²) >= 11 is 5.27. The fourth-order valence-corrected chi connectivity index (χ4v) is 2.51. The zero-order chi connectivity index (χ0) is 18.5. The molecule has 3 aromatic rings. The molecule has 8 heteroatoms. The van der Waals surface area contributed by atoms with Crippen molar-refractivity contribution < 1.29 is 14.6 Å². The topological polar surface area (TPSA) is 84.7 Å². The number of hydrogen-bond donors (Lipinski definition) is 2. The largest absolute Gasteiger partial charge is 0.504 e. The highest BCUT2D eigenvalue weighted by molar-refractivity contribution is 7.71. The molecule has 0 bridgehead atoms. The molecule has 0 unspecified atom stereocenters. The number of methoxy groups -OCH3 is 1. The molecule has 134 valence electrons. The Kier molecular flexibility index (Phi) is 5.33. The minimum absolute atomic E-state index is 0.0860. The van der Waals surface area contributed by atoms with E-state index in [0.717, 1.165) is 16.9 Å². The van der Waals surface area contributed by atoms with Crippen LogP contribution in [-0.4, -0.2) is 39.9 Å². The second-order valence-corrected chi connectivity index (χ2v) is 5.68. The third-order valence-electron chi connectivity index (χ3n) is 3.60. The van der Waals surface area contributed by atoms with Crippen LogP contribution in [0, 0.1) is 4.77 Å². The van der Waals surface area contributed by atoms with Crippen molar-refractivity contribution in [3.8, 4) is 28.6 Å². The van der Waals surface area contributed by atoms with Gasteiger partial charge in [0.1, 0.15) is 5.75 Å². The van der Waals surface area contributed by atoms with Gasteiger partial charge in [0.15, 0.2) is 17.3 Å². The van der Waals surface area contributed by atoms with Crippen molar-refractivity contribution in [1.29, 1.82) is 0 Å². The summed E-state index contributed by atoms with van der Waals surface area (Å²) in [6, 6.07) is 12.4. The highest BCUT2D eigenvalue weighted by Gasteiger charge is 2.08. The van der Waals surface area contributed by atoms with E-state index in [2.05, 4.69) is 15.3 Å². The number of nitrogens with zero attached hydrogens (tertiary/aromatic N) is 3. The summed E-state index contributed by atoms with van der Waals surface area (Å²) in [6.07, 6.45) is 1.63. The first kappa shape index (κ1) is 17.7. The number of phenols is 1. The molecular formula is C18H18N4O3S. The van der Waals surface area contributed by atoms with E-state index >= 15 is 0 Å². The highest BCUT2D eigenvalue weighted by atomic mass is 32.1. The molecule has 7 nitrogen and oxygen atoms in total. The third-order valence-corrected chi connectivity index (χ3v) is 3.87. The van der Waals surface area contributed by atoms with Gasteiger partial charge in [0.05, 0.1) is 19.9 Å². The maximum atomic E-state index is 9.78. The Labute approximate surface area is 155 Å². The fraction of sp³-hybridized carbons (Fsp3) is 0.167. The van der Waals surface area contributed by atoms with E-state index in [9.17, 15) is 5.11 Å². The van der Waals surface area contributed by atoms with Gasteiger partial charge in [0.25, 0.3) is 0 Å². The molecule has 1 heterocycles. The lowest BCUT2D eigenvalue weighted by molar-refractivity contribution is 0.318. The molecule has 0 spiro atoms. The van der Waals surface area contributed by atoms with Gasteiger partial charge in [0.2, 0.25) is 4.77 Å². The molecule has 2 aromatic carbocycles. The monoisotopic (exact) mass is 370 g/mol. The van der Waals surface area contributed by atoms with Crippen molar-refractivity contribution >= 4 is 18.4 Å². The Bertz CT molecular complexity index is 977. The van der Waals surface area contributed by atoms with Gasteiger partial charge in [-0.25, -0.2) is 5.10 Å². The molecule has 0 radical (unpaired) electrons. The maximum Gasteiger partial charge on any atom is 0.216 e. The van der Waals surface area contributed by atoms with Crippen molar-refractivity contribution in [1.82, 2.24) is 14.9 Å². The lowest BCUT2D eigenvalue weighted by atomic mass is 10.2. The minimum atomic E-state index is 0.0860. The molecule has 0 saturated heterocycles. The molecular weight excluding hydrogens is 352 g/mol. The van der Waals surface area contributed by atoms with E-state index in [1.54, 1.807) is 31.5 Å². The third kappa shape index (κ3) is 3.75. The van der Waals surface area contributed by atoms with E-state index in [1.807, 2.05) is 31.2 Å². The van der Waals surface area contributed by atoms with Gasteiger partial charge in [-0.15, -0.1) is 0 Å². The first-order valence-electron chi connectivity index (χ1n) is 7.94. The van der Waals surface area contributed by atoms with E-state index in [4.69, 9.17) is 21.7 Å². The van der Waals surface area contributed by atoms with E-state index < -0.39 is 0 Å². The van der Waals surface area contributed by atoms with Crippen LogP contribution in [0.5, 0.6) is 17.2 Å². The van der Waals surface area contributed by atoms with Crippen molar-refractivity contribution in [3.63, 3.8) is 0 Å². The summed E-state index contributed by atoms with van der Waals surface area (Å²) in [5.41, 5.74) is 1.60. The Morgan fingerprint density at radius 1 is 1.27 bits per heavy atom. The predicted molar refractivity (Wildman–Crippen MR) is 102 cm³/mol. The van der Waals surface area contributed by atoms with Crippen molar-refractivity contribution in [2.45, 2.75) is 6.92 Å². The normalized spacial score (nSPS) is 11.0. The minimum Gasteiger partial charge on any atom is -0.504 e. The first-order chi connectivity index (χ1) is 12.6. The summed E-state index contributed by atoms with van der Waals surface area (Å²) in [5, 5.41) is 21.2. The Balaban J connectivity index is 1.93. The lowest BCUT2D eigenvalue weighted by Gasteiger charge is -2.06. The van der Waals surface area contributed by atoms with Crippen LogP contribution in [0.3, 0.4) is 0 Å². The number of hydrogen-bond acceptors (Lipinski definition) is 6. The highest BCUT2D eigenvalue weighted by Crippen LogP contribution is 2.26. The van der Waals surface area contributed by atoms with Crippen LogP contribution in [0.25, 0.3) is 11.4 Å². The van der Waals surface area contributed by atoms with Crippen molar-refractivity contribution in [2.24, 2.45) is 5.10 Å². The molecule has 3 rings (SSSR count). The number of benzene rings is 2. The molecule has 0 saturated carbocycles. The van der Waals surface area contributed by atoms with Crippen LogP contribution >= 0.6 is 12.2 Å². The van der Waals surface area contributed by atoms with Gasteiger partial charge in [-0.05, 0) is 67.2 Å². The molecule has 0 atom stereocenters. The number of H-pyrrole nitrogens is 1. The number of aromatic amines is 1. The van der Waals surface area contributed by atoms with Gasteiger partial charge in [-0.3, -0.25) is 0 Å². The standard InChI is InChI=1S/C18H18N4O3S/c1-3-25-16-10-12(4-9-15(16)23)11-19-22-17(20-21-18(22)26)13-5-7-14(24-2)8-6-13/h4-11,23H,3H2,1-2H3,(H,21,26)/b19-11-. The second-order valence-electron chi connectivity index (χ2n) is 5.30. The first-order valence-corrected chi connectivity index (χ1v) is 8.35. The molecule has 1 aromatic heterocycles. The van der Waals surface area contributed by atoms with E-state index in [1.165, 1.54) is 4.68 Å². The number of aromatic nitrogens is 3. The van der Waals surface area contributed by atoms with Crippen LogP contribution in [0.2, 0.25) is 0 Å². The van der Waals surface area contributed by atoms with Gasteiger partial charge in [-0.1, -0.05) is 0 Å². The molecule has 0 aliphatic carbocycles. The Morgan fingerprint density at radius 3 is 2.73 bits per heavy atom. The van der Waals surface area contributed by atoms with Gasteiger partial charge in [-0.2, -0.15) is 14.9 Å². The van der Waals surface area contributed by atoms with Gasteiger partial charge < -0.3 is 14.6 Å². The quantitative estimate of drug-likeness (QED) is 0.511.